The molecule has 1 aliphatic rings. The van der Waals surface area contributed by atoms with E-state index in [1.54, 1.807) is 18.2 Å². The van der Waals surface area contributed by atoms with Crippen molar-refractivity contribution in [3.8, 4) is 22.8 Å². The molecule has 2 heterocycles. The number of benzene rings is 2. The van der Waals surface area contributed by atoms with E-state index in [1.807, 2.05) is 18.2 Å². The Kier molecular flexibility index (Phi) is 4.39. The van der Waals surface area contributed by atoms with Crippen LogP contribution in [0.4, 0.5) is 4.39 Å². The minimum absolute atomic E-state index is 0.215. The zero-order chi connectivity index (χ0) is 17.9. The number of hydrogen-bond acceptors (Lipinski definition) is 4. The van der Waals surface area contributed by atoms with Gasteiger partial charge in [-0.05, 0) is 42.0 Å². The Bertz CT molecular complexity index is 983. The van der Waals surface area contributed by atoms with E-state index in [1.165, 1.54) is 22.9 Å². The number of fused-ring (bicyclic) bond motifs is 1. The molecular weight excluding hydrogens is 335 g/mol. The number of aromatic nitrogens is 2. The highest BCUT2D eigenvalue weighted by Gasteiger charge is 2.12. The molecule has 0 bridgehead atoms. The molecule has 0 N–H and O–H groups in total. The second-order valence-corrected chi connectivity index (χ2v) is 6.05. The topological polar surface area (TPSA) is 53.4 Å². The molecule has 0 aliphatic carbocycles. The largest absolute Gasteiger partial charge is 0.490 e. The standard InChI is InChI=1S/C20H17FN2O3/c21-16-5-2-14(3-6-16)13-23-20(24)9-7-17(22-23)15-4-8-18-19(12-15)26-11-1-10-25-18/h2-9,12H,1,10-11,13H2. The van der Waals surface area contributed by atoms with Crippen LogP contribution in [0, 0.1) is 5.82 Å². The lowest BCUT2D eigenvalue weighted by molar-refractivity contribution is 0.297. The summed E-state index contributed by atoms with van der Waals surface area (Å²) in [5, 5.41) is 4.45. The van der Waals surface area contributed by atoms with Crippen molar-refractivity contribution in [2.45, 2.75) is 13.0 Å². The SMILES string of the molecule is O=c1ccc(-c2ccc3c(c2)OCCCO3)nn1Cc1ccc(F)cc1. The van der Waals surface area contributed by atoms with Crippen LogP contribution < -0.4 is 15.0 Å². The maximum atomic E-state index is 13.1. The van der Waals surface area contributed by atoms with Gasteiger partial charge in [0.25, 0.3) is 5.56 Å². The van der Waals surface area contributed by atoms with Crippen LogP contribution in [-0.4, -0.2) is 23.0 Å². The summed E-state index contributed by atoms with van der Waals surface area (Å²) in [6, 6.07) is 14.8. The average Bonchev–Trinajstić information content (AvgIpc) is 2.90. The molecule has 3 aromatic rings. The lowest BCUT2D eigenvalue weighted by atomic mass is 10.1. The van der Waals surface area contributed by atoms with Crippen molar-refractivity contribution < 1.29 is 13.9 Å². The number of nitrogens with zero attached hydrogens (tertiary/aromatic N) is 2. The minimum Gasteiger partial charge on any atom is -0.490 e. The highest BCUT2D eigenvalue weighted by Crippen LogP contribution is 2.33. The van der Waals surface area contributed by atoms with Crippen LogP contribution in [0.1, 0.15) is 12.0 Å². The third kappa shape index (κ3) is 3.44. The van der Waals surface area contributed by atoms with E-state index in [0.29, 0.717) is 30.4 Å². The zero-order valence-electron chi connectivity index (χ0n) is 14.0. The maximum Gasteiger partial charge on any atom is 0.267 e. The molecule has 5 nitrogen and oxygen atoms in total. The second-order valence-electron chi connectivity index (χ2n) is 6.05. The van der Waals surface area contributed by atoms with Crippen molar-refractivity contribution in [3.63, 3.8) is 0 Å². The summed E-state index contributed by atoms with van der Waals surface area (Å²) in [6.45, 7) is 1.51. The van der Waals surface area contributed by atoms with Crippen molar-refractivity contribution in [1.29, 1.82) is 0 Å². The van der Waals surface area contributed by atoms with Crippen LogP contribution in [0.2, 0.25) is 0 Å². The summed E-state index contributed by atoms with van der Waals surface area (Å²) in [6.07, 6.45) is 0.838. The first-order chi connectivity index (χ1) is 12.7. The van der Waals surface area contributed by atoms with Gasteiger partial charge < -0.3 is 9.47 Å². The molecule has 26 heavy (non-hydrogen) atoms. The predicted molar refractivity (Wildman–Crippen MR) is 95.0 cm³/mol. The van der Waals surface area contributed by atoms with E-state index in [2.05, 4.69) is 5.10 Å². The molecule has 0 saturated heterocycles. The molecule has 1 aromatic heterocycles. The Hall–Kier alpha value is -3.15. The normalized spacial score (nSPS) is 13.3. The average molecular weight is 352 g/mol. The summed E-state index contributed by atoms with van der Waals surface area (Å²) < 4.78 is 25.8. The molecule has 0 fully saturated rings. The van der Waals surface area contributed by atoms with Gasteiger partial charge in [0.05, 0.1) is 25.5 Å². The first-order valence-electron chi connectivity index (χ1n) is 8.42. The highest BCUT2D eigenvalue weighted by molar-refractivity contribution is 5.63. The summed E-state index contributed by atoms with van der Waals surface area (Å²) in [4.78, 5) is 12.1. The maximum absolute atomic E-state index is 13.1. The molecule has 0 spiro atoms. The molecule has 4 rings (SSSR count). The van der Waals surface area contributed by atoms with Gasteiger partial charge in [0.2, 0.25) is 0 Å². The molecule has 0 amide bonds. The second kappa shape index (κ2) is 7.00. The number of hydrogen-bond donors (Lipinski definition) is 0. The van der Waals surface area contributed by atoms with E-state index < -0.39 is 0 Å². The third-order valence-corrected chi connectivity index (χ3v) is 4.16. The summed E-state index contributed by atoms with van der Waals surface area (Å²) in [5.41, 5.74) is 2.08. The highest BCUT2D eigenvalue weighted by atomic mass is 19.1. The molecule has 0 radical (unpaired) electrons. The van der Waals surface area contributed by atoms with Gasteiger partial charge in [-0.25, -0.2) is 9.07 Å². The molecule has 2 aromatic carbocycles. The Balaban J connectivity index is 1.66. The van der Waals surface area contributed by atoms with Crippen molar-refractivity contribution >= 4 is 0 Å². The molecule has 0 atom stereocenters. The van der Waals surface area contributed by atoms with Gasteiger partial charge in [-0.2, -0.15) is 5.10 Å². The van der Waals surface area contributed by atoms with Crippen LogP contribution in [0.3, 0.4) is 0 Å². The predicted octanol–water partition coefficient (Wildman–Crippen LogP) is 3.26. The van der Waals surface area contributed by atoms with Gasteiger partial charge in [0, 0.05) is 18.1 Å². The lowest BCUT2D eigenvalue weighted by Gasteiger charge is -2.10. The minimum atomic E-state index is -0.310. The van der Waals surface area contributed by atoms with Gasteiger partial charge in [0.15, 0.2) is 11.5 Å². The van der Waals surface area contributed by atoms with Crippen molar-refractivity contribution in [2.24, 2.45) is 0 Å². The van der Waals surface area contributed by atoms with Crippen molar-refractivity contribution in [2.75, 3.05) is 13.2 Å². The van der Waals surface area contributed by atoms with Gasteiger partial charge in [0.1, 0.15) is 5.82 Å². The summed E-state index contributed by atoms with van der Waals surface area (Å²) in [7, 11) is 0. The van der Waals surface area contributed by atoms with Crippen LogP contribution in [0.25, 0.3) is 11.3 Å². The zero-order valence-corrected chi connectivity index (χ0v) is 14.0. The van der Waals surface area contributed by atoms with E-state index in [9.17, 15) is 9.18 Å². The quantitative estimate of drug-likeness (QED) is 0.726. The van der Waals surface area contributed by atoms with Gasteiger partial charge in [-0.3, -0.25) is 4.79 Å². The van der Waals surface area contributed by atoms with E-state index in [-0.39, 0.29) is 17.9 Å². The molecule has 132 valence electrons. The lowest BCUT2D eigenvalue weighted by Crippen LogP contribution is -2.22. The molecule has 1 aliphatic heterocycles. The Morgan fingerprint density at radius 2 is 1.73 bits per heavy atom. The van der Waals surface area contributed by atoms with Gasteiger partial charge in [-0.1, -0.05) is 12.1 Å². The third-order valence-electron chi connectivity index (χ3n) is 4.16. The number of rotatable bonds is 3. The number of halogens is 1. The molecule has 0 saturated carbocycles. The van der Waals surface area contributed by atoms with E-state index in [4.69, 9.17) is 9.47 Å². The Labute approximate surface area is 149 Å². The van der Waals surface area contributed by atoms with Crippen LogP contribution in [0.15, 0.2) is 59.4 Å². The smallest absolute Gasteiger partial charge is 0.267 e. The van der Waals surface area contributed by atoms with Gasteiger partial charge >= 0.3 is 0 Å². The number of ether oxygens (including phenoxy) is 2. The summed E-state index contributed by atoms with van der Waals surface area (Å²) >= 11 is 0. The fourth-order valence-corrected chi connectivity index (χ4v) is 2.80. The molecule has 6 heteroatoms. The first kappa shape index (κ1) is 16.3. The van der Waals surface area contributed by atoms with Crippen LogP contribution in [0.5, 0.6) is 11.5 Å². The monoisotopic (exact) mass is 352 g/mol. The van der Waals surface area contributed by atoms with Gasteiger partial charge in [-0.15, -0.1) is 0 Å². The van der Waals surface area contributed by atoms with Crippen LogP contribution in [-0.2, 0) is 6.54 Å². The van der Waals surface area contributed by atoms with E-state index >= 15 is 0 Å². The van der Waals surface area contributed by atoms with Crippen molar-refractivity contribution in [3.05, 3.63) is 76.3 Å². The summed E-state index contributed by atoms with van der Waals surface area (Å²) in [5.74, 6) is 1.08. The van der Waals surface area contributed by atoms with Crippen molar-refractivity contribution in [1.82, 2.24) is 9.78 Å². The van der Waals surface area contributed by atoms with Crippen LogP contribution >= 0.6 is 0 Å². The molecule has 0 unspecified atom stereocenters. The first-order valence-corrected chi connectivity index (χ1v) is 8.42. The van der Waals surface area contributed by atoms with E-state index in [0.717, 1.165) is 17.5 Å². The Morgan fingerprint density at radius 1 is 0.962 bits per heavy atom. The fourth-order valence-electron chi connectivity index (χ4n) is 2.80. The Morgan fingerprint density at radius 3 is 2.54 bits per heavy atom. The fraction of sp³-hybridized carbons (Fsp3) is 0.200. The molecular formula is C20H17FN2O3.